The molecule has 1 N–H and O–H groups in total. The maximum Gasteiger partial charge on any atom is 0.310 e. The van der Waals surface area contributed by atoms with E-state index in [2.05, 4.69) is 15.4 Å². The van der Waals surface area contributed by atoms with Gasteiger partial charge in [-0.1, -0.05) is 30.3 Å². The summed E-state index contributed by atoms with van der Waals surface area (Å²) in [5.41, 5.74) is 2.79. The van der Waals surface area contributed by atoms with Gasteiger partial charge < -0.3 is 14.8 Å². The minimum Gasteiger partial charge on any atom is -0.461 e. The molecule has 1 aliphatic rings. The molecule has 2 heterocycles. The van der Waals surface area contributed by atoms with Gasteiger partial charge in [0.2, 0.25) is 0 Å². The number of carbonyl (C=O) groups excluding carboxylic acids is 1. The van der Waals surface area contributed by atoms with Crippen LogP contribution in [0, 0.1) is 11.5 Å². The number of aryl methyl sites for hydroxylation is 1. The molecule has 8 heteroatoms. The summed E-state index contributed by atoms with van der Waals surface area (Å²) in [5, 5.41) is 16.7. The van der Waals surface area contributed by atoms with Crippen LogP contribution in [0.5, 0.6) is 0 Å². The smallest absolute Gasteiger partial charge is 0.310 e. The quantitative estimate of drug-likeness (QED) is 0.409. The fraction of sp³-hybridized carbons (Fsp3) is 0.364. The number of fused-ring (bicyclic) bond motifs is 1. The third-order valence-corrected chi connectivity index (χ3v) is 5.01. The number of nitriles is 1. The van der Waals surface area contributed by atoms with Crippen LogP contribution in [0.4, 0.5) is 5.82 Å². The second kappa shape index (κ2) is 9.27. The molecule has 0 spiro atoms. The molecule has 0 saturated heterocycles. The Bertz CT molecular complexity index is 1040. The van der Waals surface area contributed by atoms with Crippen LogP contribution in [0.15, 0.2) is 48.8 Å². The van der Waals surface area contributed by atoms with Crippen molar-refractivity contribution in [2.75, 3.05) is 11.9 Å². The Morgan fingerprint density at radius 1 is 1.27 bits per heavy atom. The zero-order chi connectivity index (χ0) is 20.8. The molecule has 4 rings (SSSR count). The molecule has 1 aliphatic carbocycles. The van der Waals surface area contributed by atoms with Crippen LogP contribution in [0.2, 0.25) is 0 Å². The minimum absolute atomic E-state index is 0.0337. The summed E-state index contributed by atoms with van der Waals surface area (Å²) in [4.78, 5) is 16.4. The van der Waals surface area contributed by atoms with Crippen LogP contribution in [-0.4, -0.2) is 39.3 Å². The summed E-state index contributed by atoms with van der Waals surface area (Å²) in [5.74, 6) is 0.489. The standard InChI is InChI=1S/C22H23N5O3/c23-14-30-19(13-29-21(28)12-16-4-2-1-3-5-16)10-8-18-9-11-20-22(26-17-6-7-17)24-15-25-27(18)20/h1-5,9,11,15,17,19H,6-8,10,12-13H2,(H,24,25,26). The second-order valence-electron chi connectivity index (χ2n) is 7.36. The Kier molecular flexibility index (Phi) is 6.09. The number of nitrogens with zero attached hydrogens (tertiary/aromatic N) is 4. The number of carbonyl (C=O) groups is 1. The fourth-order valence-corrected chi connectivity index (χ4v) is 3.27. The third-order valence-electron chi connectivity index (χ3n) is 5.01. The van der Waals surface area contributed by atoms with Gasteiger partial charge in [-0.15, -0.1) is 0 Å². The van der Waals surface area contributed by atoms with E-state index in [1.165, 1.54) is 19.2 Å². The summed E-state index contributed by atoms with van der Waals surface area (Å²) < 4.78 is 12.3. The Morgan fingerprint density at radius 3 is 2.87 bits per heavy atom. The van der Waals surface area contributed by atoms with E-state index in [4.69, 9.17) is 14.7 Å². The number of hydrogen-bond donors (Lipinski definition) is 1. The van der Waals surface area contributed by atoms with Crippen molar-refractivity contribution in [3.8, 4) is 6.26 Å². The second-order valence-corrected chi connectivity index (χ2v) is 7.36. The Morgan fingerprint density at radius 2 is 2.10 bits per heavy atom. The van der Waals surface area contributed by atoms with Gasteiger partial charge in [0.1, 0.15) is 24.6 Å². The van der Waals surface area contributed by atoms with Gasteiger partial charge in [0.15, 0.2) is 5.82 Å². The molecule has 1 saturated carbocycles. The first-order chi connectivity index (χ1) is 14.7. The lowest BCUT2D eigenvalue weighted by Gasteiger charge is -2.14. The van der Waals surface area contributed by atoms with Gasteiger partial charge in [0.25, 0.3) is 6.26 Å². The van der Waals surface area contributed by atoms with E-state index in [-0.39, 0.29) is 19.0 Å². The zero-order valence-corrected chi connectivity index (χ0v) is 16.5. The molecule has 1 aromatic carbocycles. The van der Waals surface area contributed by atoms with Crippen LogP contribution in [0.3, 0.4) is 0 Å². The van der Waals surface area contributed by atoms with E-state index in [1.807, 2.05) is 47.0 Å². The highest BCUT2D eigenvalue weighted by atomic mass is 16.6. The summed E-state index contributed by atoms with van der Waals surface area (Å²) in [7, 11) is 0. The van der Waals surface area contributed by atoms with Gasteiger partial charge in [0, 0.05) is 11.7 Å². The fourth-order valence-electron chi connectivity index (χ4n) is 3.27. The van der Waals surface area contributed by atoms with Crippen LogP contribution >= 0.6 is 0 Å². The number of esters is 1. The summed E-state index contributed by atoms with van der Waals surface area (Å²) >= 11 is 0. The monoisotopic (exact) mass is 405 g/mol. The lowest BCUT2D eigenvalue weighted by atomic mass is 10.1. The van der Waals surface area contributed by atoms with E-state index in [9.17, 15) is 4.79 Å². The predicted molar refractivity (Wildman–Crippen MR) is 110 cm³/mol. The average Bonchev–Trinajstić information content (AvgIpc) is 3.48. The Hall–Kier alpha value is -3.60. The van der Waals surface area contributed by atoms with Crippen molar-refractivity contribution >= 4 is 17.3 Å². The van der Waals surface area contributed by atoms with Gasteiger partial charge in [-0.2, -0.15) is 10.4 Å². The maximum atomic E-state index is 12.1. The lowest BCUT2D eigenvalue weighted by molar-refractivity contribution is -0.145. The molecule has 0 bridgehead atoms. The average molecular weight is 405 g/mol. The molecular formula is C22H23N5O3. The van der Waals surface area contributed by atoms with Crippen molar-refractivity contribution in [3.05, 3.63) is 60.0 Å². The van der Waals surface area contributed by atoms with Gasteiger partial charge >= 0.3 is 5.97 Å². The number of anilines is 1. The van der Waals surface area contributed by atoms with Crippen LogP contribution in [0.25, 0.3) is 5.52 Å². The lowest BCUT2D eigenvalue weighted by Crippen LogP contribution is -2.22. The van der Waals surface area contributed by atoms with Crippen molar-refractivity contribution < 1.29 is 14.3 Å². The van der Waals surface area contributed by atoms with E-state index >= 15 is 0 Å². The number of nitrogens with one attached hydrogen (secondary N) is 1. The molecule has 30 heavy (non-hydrogen) atoms. The third kappa shape index (κ3) is 5.06. The Labute approximate surface area is 174 Å². The summed E-state index contributed by atoms with van der Waals surface area (Å²) in [6.07, 6.45) is 6.41. The zero-order valence-electron chi connectivity index (χ0n) is 16.5. The number of ether oxygens (including phenoxy) is 2. The van der Waals surface area contributed by atoms with E-state index in [0.29, 0.717) is 18.9 Å². The summed E-state index contributed by atoms with van der Waals surface area (Å²) in [6.45, 7) is 0.0337. The predicted octanol–water partition coefficient (Wildman–Crippen LogP) is 2.89. The summed E-state index contributed by atoms with van der Waals surface area (Å²) in [6, 6.07) is 13.9. The number of benzene rings is 1. The molecule has 8 nitrogen and oxygen atoms in total. The number of aromatic nitrogens is 3. The van der Waals surface area contributed by atoms with E-state index < -0.39 is 6.10 Å². The first kappa shape index (κ1) is 19.7. The first-order valence-electron chi connectivity index (χ1n) is 10.1. The SMILES string of the molecule is N#COC(CCc1ccc2c(NC3CC3)ncnn12)COC(=O)Cc1ccccc1. The van der Waals surface area contributed by atoms with E-state index in [1.54, 1.807) is 6.26 Å². The normalized spacial score (nSPS) is 14.1. The molecule has 154 valence electrons. The van der Waals surface area contributed by atoms with E-state index in [0.717, 1.165) is 22.6 Å². The highest BCUT2D eigenvalue weighted by Gasteiger charge is 2.23. The Balaban J connectivity index is 1.33. The molecule has 3 aromatic rings. The van der Waals surface area contributed by atoms with Crippen LogP contribution in [-0.2, 0) is 27.1 Å². The van der Waals surface area contributed by atoms with Crippen LogP contribution in [0.1, 0.15) is 30.5 Å². The van der Waals surface area contributed by atoms with Crippen molar-refractivity contribution in [1.82, 2.24) is 14.6 Å². The highest BCUT2D eigenvalue weighted by Crippen LogP contribution is 2.26. The molecule has 0 aliphatic heterocycles. The molecule has 2 aromatic heterocycles. The molecule has 1 atom stereocenters. The van der Waals surface area contributed by atoms with Gasteiger partial charge in [-0.3, -0.25) is 4.79 Å². The maximum absolute atomic E-state index is 12.1. The van der Waals surface area contributed by atoms with Gasteiger partial charge in [-0.25, -0.2) is 9.50 Å². The van der Waals surface area contributed by atoms with Crippen molar-refractivity contribution in [2.45, 2.75) is 44.2 Å². The molecule has 0 amide bonds. The minimum atomic E-state index is -0.508. The van der Waals surface area contributed by atoms with Crippen molar-refractivity contribution in [2.24, 2.45) is 0 Å². The molecule has 1 unspecified atom stereocenters. The highest BCUT2D eigenvalue weighted by molar-refractivity contribution is 5.72. The topological polar surface area (TPSA) is 102 Å². The largest absolute Gasteiger partial charge is 0.461 e. The number of rotatable bonds is 10. The van der Waals surface area contributed by atoms with Gasteiger partial charge in [0.05, 0.1) is 6.42 Å². The van der Waals surface area contributed by atoms with Gasteiger partial charge in [-0.05, 0) is 43.4 Å². The molecule has 1 fully saturated rings. The molecular weight excluding hydrogens is 382 g/mol. The van der Waals surface area contributed by atoms with Crippen molar-refractivity contribution in [1.29, 1.82) is 5.26 Å². The molecule has 0 radical (unpaired) electrons. The van der Waals surface area contributed by atoms with Crippen molar-refractivity contribution in [3.63, 3.8) is 0 Å². The first-order valence-corrected chi connectivity index (χ1v) is 10.1. The van der Waals surface area contributed by atoms with Crippen LogP contribution < -0.4 is 5.32 Å². The number of hydrogen-bond acceptors (Lipinski definition) is 7.